The fourth-order valence-corrected chi connectivity index (χ4v) is 3.30. The zero-order chi connectivity index (χ0) is 11.8. The third-order valence-electron chi connectivity index (χ3n) is 4.12. The molecule has 2 aliphatic rings. The molecule has 0 N–H and O–H groups in total. The summed E-state index contributed by atoms with van der Waals surface area (Å²) >= 11 is 0. The first-order chi connectivity index (χ1) is 8.26. The molecule has 1 aliphatic carbocycles. The molecule has 3 rings (SSSR count). The lowest BCUT2D eigenvalue weighted by atomic mass is 10.0. The third kappa shape index (κ3) is 1.88. The Morgan fingerprint density at radius 1 is 1.29 bits per heavy atom. The van der Waals surface area contributed by atoms with Crippen LogP contribution in [-0.2, 0) is 0 Å². The second kappa shape index (κ2) is 4.03. The predicted octanol–water partition coefficient (Wildman–Crippen LogP) is 2.50. The van der Waals surface area contributed by atoms with Gasteiger partial charge in [0.15, 0.2) is 0 Å². The summed E-state index contributed by atoms with van der Waals surface area (Å²) in [6, 6.07) is 5.99. The molecule has 1 saturated heterocycles. The summed E-state index contributed by atoms with van der Waals surface area (Å²) < 4.78 is 0. The molecular formula is C14H17N3. The Bertz CT molecular complexity index is 463. The second-order valence-electron chi connectivity index (χ2n) is 5.32. The summed E-state index contributed by atoms with van der Waals surface area (Å²) in [7, 11) is 0. The van der Waals surface area contributed by atoms with Crippen LogP contribution in [0, 0.1) is 30.1 Å². The van der Waals surface area contributed by atoms with Gasteiger partial charge in [0, 0.05) is 18.8 Å². The molecule has 3 heteroatoms. The fourth-order valence-electron chi connectivity index (χ4n) is 3.30. The van der Waals surface area contributed by atoms with Gasteiger partial charge in [0.25, 0.3) is 0 Å². The molecule has 0 radical (unpaired) electrons. The van der Waals surface area contributed by atoms with E-state index in [9.17, 15) is 0 Å². The summed E-state index contributed by atoms with van der Waals surface area (Å²) in [6.45, 7) is 4.22. The van der Waals surface area contributed by atoms with Crippen LogP contribution in [0.1, 0.15) is 30.5 Å². The minimum absolute atomic E-state index is 0.726. The van der Waals surface area contributed by atoms with Crippen LogP contribution in [-0.4, -0.2) is 18.1 Å². The zero-order valence-electron chi connectivity index (χ0n) is 10.2. The van der Waals surface area contributed by atoms with Gasteiger partial charge in [-0.15, -0.1) is 0 Å². The van der Waals surface area contributed by atoms with E-state index >= 15 is 0 Å². The van der Waals surface area contributed by atoms with Crippen LogP contribution in [0.25, 0.3) is 0 Å². The highest BCUT2D eigenvalue weighted by molar-refractivity contribution is 5.47. The van der Waals surface area contributed by atoms with Gasteiger partial charge in [0.2, 0.25) is 0 Å². The number of rotatable bonds is 1. The quantitative estimate of drug-likeness (QED) is 0.740. The van der Waals surface area contributed by atoms with Crippen molar-refractivity contribution in [2.45, 2.75) is 26.2 Å². The van der Waals surface area contributed by atoms with Gasteiger partial charge in [-0.05, 0) is 43.7 Å². The molecule has 1 aromatic heterocycles. The first-order valence-electron chi connectivity index (χ1n) is 6.40. The number of hydrogen-bond acceptors (Lipinski definition) is 3. The highest BCUT2D eigenvalue weighted by atomic mass is 15.2. The van der Waals surface area contributed by atoms with Crippen molar-refractivity contribution in [2.75, 3.05) is 18.0 Å². The number of nitriles is 1. The third-order valence-corrected chi connectivity index (χ3v) is 4.12. The largest absolute Gasteiger partial charge is 0.356 e. The summed E-state index contributed by atoms with van der Waals surface area (Å²) in [6.07, 6.45) is 4.14. The molecule has 1 aromatic rings. The first-order valence-corrected chi connectivity index (χ1v) is 6.40. The van der Waals surface area contributed by atoms with Crippen molar-refractivity contribution in [1.82, 2.24) is 4.98 Å². The van der Waals surface area contributed by atoms with E-state index in [1.807, 2.05) is 19.1 Å². The topological polar surface area (TPSA) is 39.9 Å². The van der Waals surface area contributed by atoms with Crippen molar-refractivity contribution in [1.29, 1.82) is 5.26 Å². The molecule has 2 atom stereocenters. The molecule has 2 unspecified atom stereocenters. The smallest absolute Gasteiger partial charge is 0.130 e. The molecule has 1 aliphatic heterocycles. The second-order valence-corrected chi connectivity index (χ2v) is 5.32. The lowest BCUT2D eigenvalue weighted by Crippen LogP contribution is -2.22. The molecule has 3 nitrogen and oxygen atoms in total. The molecule has 2 heterocycles. The monoisotopic (exact) mass is 227 g/mol. The summed E-state index contributed by atoms with van der Waals surface area (Å²) in [5.41, 5.74) is 1.67. The van der Waals surface area contributed by atoms with Gasteiger partial charge < -0.3 is 4.90 Å². The number of hydrogen-bond donors (Lipinski definition) is 0. The van der Waals surface area contributed by atoms with Crippen molar-refractivity contribution < 1.29 is 0 Å². The summed E-state index contributed by atoms with van der Waals surface area (Å²) in [5, 5.41) is 8.99. The Balaban J connectivity index is 1.86. The van der Waals surface area contributed by atoms with E-state index < -0.39 is 0 Å². The lowest BCUT2D eigenvalue weighted by Gasteiger charge is -2.18. The van der Waals surface area contributed by atoms with E-state index in [0.717, 1.165) is 42.0 Å². The average Bonchev–Trinajstić information content (AvgIpc) is 2.88. The van der Waals surface area contributed by atoms with E-state index in [2.05, 4.69) is 16.0 Å². The highest BCUT2D eigenvalue weighted by Crippen LogP contribution is 2.39. The number of pyridine rings is 1. The average molecular weight is 227 g/mol. The minimum atomic E-state index is 0.726. The van der Waals surface area contributed by atoms with Crippen molar-refractivity contribution in [2.24, 2.45) is 11.8 Å². The van der Waals surface area contributed by atoms with Gasteiger partial charge in [-0.1, -0.05) is 6.42 Å². The SMILES string of the molecule is Cc1cc(C#N)cc(N2CC3CCCC3C2)n1. The predicted molar refractivity (Wildman–Crippen MR) is 66.7 cm³/mol. The van der Waals surface area contributed by atoms with Crippen LogP contribution in [0.3, 0.4) is 0 Å². The maximum absolute atomic E-state index is 8.99. The Hall–Kier alpha value is -1.56. The molecule has 0 aromatic carbocycles. The number of aryl methyl sites for hydroxylation is 1. The number of fused-ring (bicyclic) bond motifs is 1. The molecule has 88 valence electrons. The van der Waals surface area contributed by atoms with Gasteiger partial charge in [0.05, 0.1) is 11.6 Å². The van der Waals surface area contributed by atoms with Crippen LogP contribution >= 0.6 is 0 Å². The number of nitrogens with zero attached hydrogens (tertiary/aromatic N) is 3. The Labute approximate surface area is 102 Å². The van der Waals surface area contributed by atoms with Gasteiger partial charge >= 0.3 is 0 Å². The lowest BCUT2D eigenvalue weighted by molar-refractivity contribution is 0.494. The summed E-state index contributed by atoms with van der Waals surface area (Å²) in [5.74, 6) is 2.72. The van der Waals surface area contributed by atoms with Crippen LogP contribution < -0.4 is 4.90 Å². The molecule has 0 spiro atoms. The zero-order valence-corrected chi connectivity index (χ0v) is 10.2. The van der Waals surface area contributed by atoms with Gasteiger partial charge in [-0.25, -0.2) is 4.98 Å². The number of anilines is 1. The summed E-state index contributed by atoms with van der Waals surface area (Å²) in [4.78, 5) is 6.93. The van der Waals surface area contributed by atoms with E-state index in [-0.39, 0.29) is 0 Å². The normalized spacial score (nSPS) is 26.9. The van der Waals surface area contributed by atoms with Gasteiger partial charge in [-0.2, -0.15) is 5.26 Å². The molecule has 17 heavy (non-hydrogen) atoms. The van der Waals surface area contributed by atoms with Crippen LogP contribution in [0.4, 0.5) is 5.82 Å². The van der Waals surface area contributed by atoms with Gasteiger partial charge in [0.1, 0.15) is 5.82 Å². The van der Waals surface area contributed by atoms with Gasteiger partial charge in [-0.3, -0.25) is 0 Å². The first kappa shape index (κ1) is 10.6. The molecule has 1 saturated carbocycles. The Kier molecular flexibility index (Phi) is 2.51. The Morgan fingerprint density at radius 2 is 2.00 bits per heavy atom. The van der Waals surface area contributed by atoms with E-state index in [1.165, 1.54) is 19.3 Å². The van der Waals surface area contributed by atoms with Crippen LogP contribution in [0.5, 0.6) is 0 Å². The van der Waals surface area contributed by atoms with Crippen molar-refractivity contribution in [3.05, 3.63) is 23.4 Å². The van der Waals surface area contributed by atoms with Crippen LogP contribution in [0.2, 0.25) is 0 Å². The molecular weight excluding hydrogens is 210 g/mol. The molecule has 2 fully saturated rings. The van der Waals surface area contributed by atoms with Crippen molar-refractivity contribution in [3.8, 4) is 6.07 Å². The Morgan fingerprint density at radius 3 is 2.65 bits per heavy atom. The van der Waals surface area contributed by atoms with Crippen LogP contribution in [0.15, 0.2) is 12.1 Å². The molecule has 0 amide bonds. The maximum Gasteiger partial charge on any atom is 0.130 e. The van der Waals surface area contributed by atoms with Crippen molar-refractivity contribution in [3.63, 3.8) is 0 Å². The van der Waals surface area contributed by atoms with Crippen molar-refractivity contribution >= 4 is 5.82 Å². The molecule has 0 bridgehead atoms. The fraction of sp³-hybridized carbons (Fsp3) is 0.571. The maximum atomic E-state index is 8.99. The van der Waals surface area contributed by atoms with E-state index in [4.69, 9.17) is 5.26 Å². The van der Waals surface area contributed by atoms with E-state index in [0.29, 0.717) is 0 Å². The van der Waals surface area contributed by atoms with E-state index in [1.54, 1.807) is 0 Å². The number of aromatic nitrogens is 1. The minimum Gasteiger partial charge on any atom is -0.356 e. The highest BCUT2D eigenvalue weighted by Gasteiger charge is 2.36. The standard InChI is InChI=1S/C14H17N3/c1-10-5-11(7-15)6-14(16-10)17-8-12-3-2-4-13(12)9-17/h5-6,12-13H,2-4,8-9H2,1H3.